The van der Waals surface area contributed by atoms with Crippen molar-refractivity contribution < 1.29 is 4.74 Å². The van der Waals surface area contributed by atoms with Crippen LogP contribution in [0.15, 0.2) is 85.2 Å². The summed E-state index contributed by atoms with van der Waals surface area (Å²) in [5.74, 6) is 0.838. The lowest BCUT2D eigenvalue weighted by Crippen LogP contribution is -1.93. The van der Waals surface area contributed by atoms with E-state index in [-0.39, 0.29) is 0 Å². The predicted octanol–water partition coefficient (Wildman–Crippen LogP) is 5.23. The molecule has 4 heteroatoms. The molecule has 0 N–H and O–H groups in total. The number of hydrogen-bond donors (Lipinski definition) is 0. The zero-order valence-corrected chi connectivity index (χ0v) is 14.8. The number of nitrogens with zero attached hydrogens (tertiary/aromatic N) is 3. The molecule has 0 aliphatic carbocycles. The molecule has 0 radical (unpaired) electrons. The van der Waals surface area contributed by atoms with Gasteiger partial charge in [-0.2, -0.15) is 0 Å². The van der Waals surface area contributed by atoms with E-state index in [1.807, 2.05) is 42.6 Å². The van der Waals surface area contributed by atoms with Crippen molar-refractivity contribution >= 4 is 16.7 Å². The maximum Gasteiger partial charge on any atom is 0.147 e. The van der Waals surface area contributed by atoms with E-state index in [0.717, 1.165) is 44.8 Å². The van der Waals surface area contributed by atoms with E-state index in [0.29, 0.717) is 0 Å². The average molecular weight is 351 g/mol. The highest BCUT2D eigenvalue weighted by atomic mass is 16.5. The van der Waals surface area contributed by atoms with Gasteiger partial charge in [-0.3, -0.25) is 4.40 Å². The van der Waals surface area contributed by atoms with E-state index >= 15 is 0 Å². The van der Waals surface area contributed by atoms with Gasteiger partial charge in [0, 0.05) is 28.9 Å². The Morgan fingerprint density at radius 1 is 0.815 bits per heavy atom. The van der Waals surface area contributed by atoms with E-state index in [2.05, 4.69) is 52.0 Å². The summed E-state index contributed by atoms with van der Waals surface area (Å²) >= 11 is 0. The molecule has 0 aliphatic heterocycles. The van der Waals surface area contributed by atoms with Crippen molar-refractivity contribution in [2.45, 2.75) is 0 Å². The number of fused-ring (bicyclic) bond motifs is 3. The van der Waals surface area contributed by atoms with E-state index in [1.54, 1.807) is 7.11 Å². The molecule has 5 aromatic rings. The Morgan fingerprint density at radius 3 is 2.41 bits per heavy atom. The maximum atomic E-state index is 5.29. The van der Waals surface area contributed by atoms with Gasteiger partial charge in [0.15, 0.2) is 0 Å². The van der Waals surface area contributed by atoms with Crippen LogP contribution in [0.5, 0.6) is 5.75 Å². The number of benzene rings is 2. The zero-order chi connectivity index (χ0) is 18.2. The lowest BCUT2D eigenvalue weighted by atomic mass is 10.1. The SMILES string of the molecule is COc1ccc(-c2cc3cccnc3n3cc(-c4ccccc4)nc23)cc1. The molecule has 3 heterocycles. The number of aromatic nitrogens is 3. The van der Waals surface area contributed by atoms with Crippen molar-refractivity contribution in [3.05, 3.63) is 85.2 Å². The molecule has 0 saturated heterocycles. The molecule has 2 aromatic carbocycles. The summed E-state index contributed by atoms with van der Waals surface area (Å²) in [6, 6.07) is 24.5. The standard InChI is InChI=1S/C23H17N3O/c1-27-19-11-9-16(10-12-19)20-14-18-8-5-13-24-22(18)26-15-21(25-23(20)26)17-6-3-2-4-7-17/h2-15H,1H3. The molecule has 3 aromatic heterocycles. The monoisotopic (exact) mass is 351 g/mol. The van der Waals surface area contributed by atoms with E-state index in [1.165, 1.54) is 0 Å². The normalized spacial score (nSPS) is 11.1. The Balaban J connectivity index is 1.81. The third kappa shape index (κ3) is 2.62. The molecule has 0 spiro atoms. The Morgan fingerprint density at radius 2 is 1.63 bits per heavy atom. The molecule has 130 valence electrons. The van der Waals surface area contributed by atoms with Gasteiger partial charge in [0.05, 0.1) is 12.8 Å². The number of imidazole rings is 1. The van der Waals surface area contributed by atoms with E-state index in [4.69, 9.17) is 9.72 Å². The highest BCUT2D eigenvalue weighted by molar-refractivity contribution is 5.91. The summed E-state index contributed by atoms with van der Waals surface area (Å²) in [6.45, 7) is 0. The second-order valence-corrected chi connectivity index (χ2v) is 6.39. The van der Waals surface area contributed by atoms with Gasteiger partial charge in [-0.25, -0.2) is 9.97 Å². The predicted molar refractivity (Wildman–Crippen MR) is 108 cm³/mol. The number of pyridine rings is 2. The van der Waals surface area contributed by atoms with Gasteiger partial charge in [0.25, 0.3) is 0 Å². The van der Waals surface area contributed by atoms with Crippen LogP contribution in [0.2, 0.25) is 0 Å². The van der Waals surface area contributed by atoms with E-state index < -0.39 is 0 Å². The first-order chi connectivity index (χ1) is 13.3. The molecule has 0 fully saturated rings. The quantitative estimate of drug-likeness (QED) is 0.447. The van der Waals surface area contributed by atoms with Gasteiger partial charge in [-0.15, -0.1) is 0 Å². The Labute approximate surface area is 156 Å². The number of rotatable bonds is 3. The van der Waals surface area contributed by atoms with Crippen LogP contribution in [0.3, 0.4) is 0 Å². The molecule has 4 nitrogen and oxygen atoms in total. The molecule has 0 atom stereocenters. The highest BCUT2D eigenvalue weighted by Gasteiger charge is 2.13. The van der Waals surface area contributed by atoms with Gasteiger partial charge >= 0.3 is 0 Å². The molecule has 0 bridgehead atoms. The first-order valence-corrected chi connectivity index (χ1v) is 8.80. The fourth-order valence-corrected chi connectivity index (χ4v) is 3.41. The van der Waals surface area contributed by atoms with Gasteiger partial charge in [0.2, 0.25) is 0 Å². The lowest BCUT2D eigenvalue weighted by molar-refractivity contribution is 0.415. The summed E-state index contributed by atoms with van der Waals surface area (Å²) in [7, 11) is 1.68. The summed E-state index contributed by atoms with van der Waals surface area (Å²) < 4.78 is 7.37. The Bertz CT molecular complexity index is 1240. The second kappa shape index (κ2) is 6.25. The first-order valence-electron chi connectivity index (χ1n) is 8.80. The lowest BCUT2D eigenvalue weighted by Gasteiger charge is -2.08. The third-order valence-electron chi connectivity index (χ3n) is 4.76. The summed E-state index contributed by atoms with van der Waals surface area (Å²) in [6.07, 6.45) is 3.88. The molecular formula is C23H17N3O. The molecule has 0 unspecified atom stereocenters. The van der Waals surface area contributed by atoms with Crippen LogP contribution in [0.25, 0.3) is 39.1 Å². The van der Waals surface area contributed by atoms with Crippen LogP contribution >= 0.6 is 0 Å². The summed E-state index contributed by atoms with van der Waals surface area (Å²) in [4.78, 5) is 9.53. The van der Waals surface area contributed by atoms with Crippen molar-refractivity contribution in [2.75, 3.05) is 7.11 Å². The van der Waals surface area contributed by atoms with Gasteiger partial charge in [0.1, 0.15) is 17.0 Å². The minimum Gasteiger partial charge on any atom is -0.497 e. The van der Waals surface area contributed by atoms with Crippen LogP contribution in [0.4, 0.5) is 0 Å². The second-order valence-electron chi connectivity index (χ2n) is 6.39. The van der Waals surface area contributed by atoms with E-state index in [9.17, 15) is 0 Å². The minimum absolute atomic E-state index is 0.838. The number of methoxy groups -OCH3 is 1. The van der Waals surface area contributed by atoms with Crippen LogP contribution in [-0.4, -0.2) is 21.5 Å². The maximum absolute atomic E-state index is 5.29. The smallest absolute Gasteiger partial charge is 0.147 e. The summed E-state index contributed by atoms with van der Waals surface area (Å²) in [5, 5.41) is 1.08. The molecule has 0 aliphatic rings. The van der Waals surface area contributed by atoms with Crippen molar-refractivity contribution in [1.82, 2.24) is 14.4 Å². The van der Waals surface area contributed by atoms with Gasteiger partial charge in [-0.1, -0.05) is 42.5 Å². The van der Waals surface area contributed by atoms with Crippen LogP contribution in [0, 0.1) is 0 Å². The topological polar surface area (TPSA) is 39.4 Å². The molecule has 0 amide bonds. The zero-order valence-electron chi connectivity index (χ0n) is 14.8. The summed E-state index contributed by atoms with van der Waals surface area (Å²) in [5.41, 5.74) is 5.98. The fraction of sp³-hybridized carbons (Fsp3) is 0.0435. The van der Waals surface area contributed by atoms with Crippen LogP contribution in [-0.2, 0) is 0 Å². The molecule has 0 saturated carbocycles. The Hall–Kier alpha value is -3.66. The van der Waals surface area contributed by atoms with Crippen molar-refractivity contribution in [2.24, 2.45) is 0 Å². The largest absolute Gasteiger partial charge is 0.497 e. The number of ether oxygens (including phenoxy) is 1. The molecular weight excluding hydrogens is 334 g/mol. The van der Waals surface area contributed by atoms with Crippen LogP contribution in [0.1, 0.15) is 0 Å². The first kappa shape index (κ1) is 15.6. The fourth-order valence-electron chi connectivity index (χ4n) is 3.41. The average Bonchev–Trinajstić information content (AvgIpc) is 3.20. The van der Waals surface area contributed by atoms with Gasteiger partial charge < -0.3 is 4.74 Å². The molecule has 27 heavy (non-hydrogen) atoms. The Kier molecular flexibility index (Phi) is 3.61. The van der Waals surface area contributed by atoms with Gasteiger partial charge in [-0.05, 0) is 35.9 Å². The van der Waals surface area contributed by atoms with Crippen LogP contribution < -0.4 is 4.74 Å². The van der Waals surface area contributed by atoms with Crippen molar-refractivity contribution in [1.29, 1.82) is 0 Å². The highest BCUT2D eigenvalue weighted by Crippen LogP contribution is 2.31. The third-order valence-corrected chi connectivity index (χ3v) is 4.76. The minimum atomic E-state index is 0.838. The number of hydrogen-bond acceptors (Lipinski definition) is 3. The van der Waals surface area contributed by atoms with Crippen molar-refractivity contribution in [3.8, 4) is 28.1 Å². The van der Waals surface area contributed by atoms with Crippen molar-refractivity contribution in [3.63, 3.8) is 0 Å². The molecule has 5 rings (SSSR count).